The normalized spacial score (nSPS) is 16.4. The van der Waals surface area contributed by atoms with Gasteiger partial charge in [0.05, 0.1) is 11.9 Å². The molecule has 1 fully saturated rings. The Bertz CT molecular complexity index is 1210. The van der Waals surface area contributed by atoms with Gasteiger partial charge >= 0.3 is 0 Å². The van der Waals surface area contributed by atoms with Crippen molar-refractivity contribution in [2.45, 2.75) is 18.8 Å². The first-order chi connectivity index (χ1) is 15.2. The van der Waals surface area contributed by atoms with Gasteiger partial charge in [-0.25, -0.2) is 4.39 Å². The highest BCUT2D eigenvalue weighted by molar-refractivity contribution is 7.14. The van der Waals surface area contributed by atoms with E-state index < -0.39 is 0 Å². The van der Waals surface area contributed by atoms with E-state index in [2.05, 4.69) is 20.4 Å². The van der Waals surface area contributed by atoms with Crippen LogP contribution in [0.5, 0.6) is 0 Å². The lowest BCUT2D eigenvalue weighted by Crippen LogP contribution is -2.39. The number of nitrogens with zero attached hydrogens (tertiary/aromatic N) is 6. The number of piperidine rings is 1. The van der Waals surface area contributed by atoms with Crippen molar-refractivity contribution in [1.82, 2.24) is 30.1 Å². The molecule has 5 rings (SSSR count). The Morgan fingerprint density at radius 2 is 1.87 bits per heavy atom. The van der Waals surface area contributed by atoms with E-state index in [1.54, 1.807) is 23.1 Å². The van der Waals surface area contributed by atoms with E-state index in [0.717, 1.165) is 23.5 Å². The highest BCUT2D eigenvalue weighted by Gasteiger charge is 2.29. The number of aromatic nitrogens is 5. The second kappa shape index (κ2) is 8.35. The SMILES string of the molecule is O=C(c1cnn(-c2ccccc2)n1)N1CCC[C@H](c2nnc(-c3ccccc3F)s2)C1. The van der Waals surface area contributed by atoms with Crippen molar-refractivity contribution in [3.05, 3.63) is 77.3 Å². The fraction of sp³-hybridized carbons (Fsp3) is 0.227. The molecule has 0 saturated carbocycles. The van der Waals surface area contributed by atoms with Gasteiger partial charge in [-0.1, -0.05) is 41.7 Å². The third-order valence-corrected chi connectivity index (χ3v) is 6.42. The van der Waals surface area contributed by atoms with Crippen LogP contribution in [0.3, 0.4) is 0 Å². The van der Waals surface area contributed by atoms with Crippen LogP contribution in [-0.2, 0) is 0 Å². The van der Waals surface area contributed by atoms with Crippen LogP contribution in [0.15, 0.2) is 60.8 Å². The second-order valence-corrected chi connectivity index (χ2v) is 8.38. The predicted molar refractivity (Wildman–Crippen MR) is 115 cm³/mol. The number of likely N-dealkylation sites (tertiary alicyclic amines) is 1. The van der Waals surface area contributed by atoms with Crippen molar-refractivity contribution >= 4 is 17.2 Å². The van der Waals surface area contributed by atoms with Crippen molar-refractivity contribution < 1.29 is 9.18 Å². The number of hydrogen-bond acceptors (Lipinski definition) is 6. The molecule has 3 heterocycles. The highest BCUT2D eigenvalue weighted by atomic mass is 32.1. The number of halogens is 1. The van der Waals surface area contributed by atoms with Crippen LogP contribution in [-0.4, -0.2) is 49.1 Å². The van der Waals surface area contributed by atoms with Crippen molar-refractivity contribution in [3.63, 3.8) is 0 Å². The first kappa shape index (κ1) is 19.5. The van der Waals surface area contributed by atoms with Crippen LogP contribution in [0.4, 0.5) is 4.39 Å². The summed E-state index contributed by atoms with van der Waals surface area (Å²) < 4.78 is 14.1. The van der Waals surface area contributed by atoms with Crippen LogP contribution in [0.1, 0.15) is 34.3 Å². The average Bonchev–Trinajstić information content (AvgIpc) is 3.50. The Kier molecular flexibility index (Phi) is 5.25. The lowest BCUT2D eigenvalue weighted by molar-refractivity contribution is 0.0700. The Hall–Kier alpha value is -3.46. The molecule has 0 spiro atoms. The molecule has 0 unspecified atom stereocenters. The fourth-order valence-electron chi connectivity index (χ4n) is 3.72. The Morgan fingerprint density at radius 3 is 2.71 bits per heavy atom. The van der Waals surface area contributed by atoms with Crippen molar-refractivity contribution in [1.29, 1.82) is 0 Å². The van der Waals surface area contributed by atoms with Gasteiger partial charge in [0.2, 0.25) is 0 Å². The minimum atomic E-state index is -0.313. The molecule has 1 amide bonds. The first-order valence-electron chi connectivity index (χ1n) is 10.0. The monoisotopic (exact) mass is 434 g/mol. The molecule has 2 aromatic heterocycles. The summed E-state index contributed by atoms with van der Waals surface area (Å²) in [6.45, 7) is 1.19. The summed E-state index contributed by atoms with van der Waals surface area (Å²) in [7, 11) is 0. The maximum absolute atomic E-state index is 14.1. The molecule has 7 nitrogen and oxygen atoms in total. The van der Waals surface area contributed by atoms with Crippen molar-refractivity contribution in [2.75, 3.05) is 13.1 Å². The molecule has 0 N–H and O–H groups in total. The summed E-state index contributed by atoms with van der Waals surface area (Å²) in [6, 6.07) is 16.0. The summed E-state index contributed by atoms with van der Waals surface area (Å²) >= 11 is 1.39. The van der Waals surface area contributed by atoms with Gasteiger partial charge in [0, 0.05) is 24.6 Å². The van der Waals surface area contributed by atoms with Gasteiger partial charge in [-0.3, -0.25) is 4.79 Å². The van der Waals surface area contributed by atoms with E-state index in [4.69, 9.17) is 0 Å². The summed E-state index contributed by atoms with van der Waals surface area (Å²) in [5.41, 5.74) is 1.56. The molecular weight excluding hydrogens is 415 g/mol. The molecular formula is C22H19FN6OS. The molecule has 0 radical (unpaired) electrons. The zero-order valence-corrected chi connectivity index (χ0v) is 17.4. The van der Waals surface area contributed by atoms with Crippen LogP contribution >= 0.6 is 11.3 Å². The standard InChI is InChI=1S/C22H19FN6OS/c23-18-11-5-4-10-17(18)21-26-25-20(31-21)15-7-6-12-28(14-15)22(30)19-13-24-29(27-19)16-8-2-1-3-9-16/h1-5,8-11,13,15H,6-7,12,14H2/t15-/m0/s1. The third kappa shape index (κ3) is 3.96. The van der Waals surface area contributed by atoms with E-state index in [1.807, 2.05) is 30.3 Å². The molecule has 1 atom stereocenters. The smallest absolute Gasteiger partial charge is 0.276 e. The van der Waals surface area contributed by atoms with Crippen LogP contribution < -0.4 is 0 Å². The summed E-state index contributed by atoms with van der Waals surface area (Å²) in [5.74, 6) is -0.391. The molecule has 31 heavy (non-hydrogen) atoms. The first-order valence-corrected chi connectivity index (χ1v) is 10.9. The number of benzene rings is 2. The predicted octanol–water partition coefficient (Wildman–Crippen LogP) is 3.94. The molecule has 2 aromatic carbocycles. The van der Waals surface area contributed by atoms with Gasteiger partial charge < -0.3 is 4.90 Å². The van der Waals surface area contributed by atoms with Crippen molar-refractivity contribution in [3.8, 4) is 16.3 Å². The van der Waals surface area contributed by atoms with E-state index in [-0.39, 0.29) is 17.6 Å². The Balaban J connectivity index is 1.31. The van der Waals surface area contributed by atoms with Gasteiger partial charge in [-0.2, -0.15) is 9.90 Å². The van der Waals surface area contributed by atoms with Gasteiger partial charge in [-0.15, -0.1) is 15.3 Å². The molecule has 1 saturated heterocycles. The van der Waals surface area contributed by atoms with Crippen LogP contribution in [0.25, 0.3) is 16.3 Å². The minimum Gasteiger partial charge on any atom is -0.336 e. The number of rotatable bonds is 4. The highest BCUT2D eigenvalue weighted by Crippen LogP contribution is 2.33. The number of amides is 1. The largest absolute Gasteiger partial charge is 0.336 e. The molecule has 1 aliphatic rings. The lowest BCUT2D eigenvalue weighted by atomic mass is 9.98. The topological polar surface area (TPSA) is 76.8 Å². The Morgan fingerprint density at radius 1 is 1.06 bits per heavy atom. The second-order valence-electron chi connectivity index (χ2n) is 7.37. The van der Waals surface area contributed by atoms with Gasteiger partial charge in [-0.05, 0) is 37.1 Å². The number of carbonyl (C=O) groups is 1. The maximum atomic E-state index is 14.1. The van der Waals surface area contributed by atoms with Crippen LogP contribution in [0, 0.1) is 5.82 Å². The minimum absolute atomic E-state index is 0.0693. The summed E-state index contributed by atoms with van der Waals surface area (Å²) in [6.07, 6.45) is 3.27. The summed E-state index contributed by atoms with van der Waals surface area (Å²) in [5, 5.41) is 18.4. The zero-order chi connectivity index (χ0) is 21.2. The third-order valence-electron chi connectivity index (χ3n) is 5.30. The van der Waals surface area contributed by atoms with Gasteiger partial charge in [0.15, 0.2) is 10.7 Å². The molecule has 156 valence electrons. The maximum Gasteiger partial charge on any atom is 0.276 e. The molecule has 1 aliphatic heterocycles. The van der Waals surface area contributed by atoms with E-state index in [9.17, 15) is 9.18 Å². The molecule has 0 bridgehead atoms. The molecule has 0 aliphatic carbocycles. The Labute approximate surface area is 182 Å². The lowest BCUT2D eigenvalue weighted by Gasteiger charge is -2.31. The zero-order valence-electron chi connectivity index (χ0n) is 16.6. The van der Waals surface area contributed by atoms with E-state index >= 15 is 0 Å². The molecule has 9 heteroatoms. The van der Waals surface area contributed by atoms with Gasteiger partial charge in [0.25, 0.3) is 5.91 Å². The van der Waals surface area contributed by atoms with Crippen molar-refractivity contribution in [2.24, 2.45) is 0 Å². The fourth-order valence-corrected chi connectivity index (χ4v) is 4.71. The summed E-state index contributed by atoms with van der Waals surface area (Å²) in [4.78, 5) is 16.3. The molecule has 4 aromatic rings. The van der Waals surface area contributed by atoms with E-state index in [1.165, 1.54) is 28.4 Å². The van der Waals surface area contributed by atoms with E-state index in [0.29, 0.717) is 29.4 Å². The quantitative estimate of drug-likeness (QED) is 0.486. The van der Waals surface area contributed by atoms with Crippen LogP contribution in [0.2, 0.25) is 0 Å². The number of para-hydroxylation sites is 1. The number of hydrogen-bond donors (Lipinski definition) is 0. The van der Waals surface area contributed by atoms with Gasteiger partial charge in [0.1, 0.15) is 10.8 Å². The number of carbonyl (C=O) groups excluding carboxylic acids is 1. The average molecular weight is 435 g/mol.